The van der Waals surface area contributed by atoms with Gasteiger partial charge in [0.25, 0.3) is 5.92 Å². The Balaban J connectivity index is 2.43. The Labute approximate surface area is 115 Å². The largest absolute Gasteiger partial charge is 0.494 e. The van der Waals surface area contributed by atoms with Crippen molar-refractivity contribution in [3.8, 4) is 5.75 Å². The molecule has 0 saturated carbocycles. The summed E-state index contributed by atoms with van der Waals surface area (Å²) in [6.07, 6.45) is 0.243. The molecule has 0 aliphatic rings. The fraction of sp³-hybridized carbons (Fsp3) is 0.462. The van der Waals surface area contributed by atoms with Crippen molar-refractivity contribution in [2.24, 2.45) is 5.73 Å². The number of nitrogens with two attached hydrogens (primary N) is 1. The Morgan fingerprint density at radius 3 is 2.70 bits per heavy atom. The zero-order valence-electron chi connectivity index (χ0n) is 11.1. The van der Waals surface area contributed by atoms with E-state index in [1.807, 2.05) is 0 Å². The van der Waals surface area contributed by atoms with Crippen LogP contribution in [0.4, 0.5) is 13.2 Å². The number of carbonyl (C=O) groups excluding carboxylic acids is 1. The summed E-state index contributed by atoms with van der Waals surface area (Å²) in [5.41, 5.74) is 5.43. The van der Waals surface area contributed by atoms with E-state index in [1.54, 1.807) is 6.07 Å². The third kappa shape index (κ3) is 5.08. The van der Waals surface area contributed by atoms with Crippen LogP contribution in [0.1, 0.15) is 12.0 Å². The molecule has 0 heterocycles. The van der Waals surface area contributed by atoms with Crippen LogP contribution in [0.3, 0.4) is 0 Å². The second-order valence-corrected chi connectivity index (χ2v) is 4.31. The van der Waals surface area contributed by atoms with Gasteiger partial charge in [-0.05, 0) is 24.1 Å². The van der Waals surface area contributed by atoms with Crippen LogP contribution in [0.15, 0.2) is 18.2 Å². The van der Waals surface area contributed by atoms with E-state index in [4.69, 9.17) is 10.5 Å². The third-order valence-electron chi connectivity index (χ3n) is 2.70. The highest BCUT2D eigenvalue weighted by molar-refractivity contribution is 5.76. The van der Waals surface area contributed by atoms with Gasteiger partial charge in [0, 0.05) is 6.42 Å². The summed E-state index contributed by atoms with van der Waals surface area (Å²) in [4.78, 5) is 11.4. The molecular formula is C13H17F3N2O2. The fourth-order valence-electron chi connectivity index (χ4n) is 1.51. The minimum Gasteiger partial charge on any atom is -0.494 e. The number of methoxy groups -OCH3 is 1. The van der Waals surface area contributed by atoms with Crippen molar-refractivity contribution in [3.05, 3.63) is 29.6 Å². The number of halogens is 3. The van der Waals surface area contributed by atoms with Crippen molar-refractivity contribution in [1.29, 1.82) is 0 Å². The van der Waals surface area contributed by atoms with E-state index < -0.39 is 30.7 Å². The van der Waals surface area contributed by atoms with Gasteiger partial charge in [0.15, 0.2) is 11.6 Å². The minimum atomic E-state index is -3.11. The number of hydrogen-bond acceptors (Lipinski definition) is 3. The summed E-state index contributed by atoms with van der Waals surface area (Å²) >= 11 is 0. The van der Waals surface area contributed by atoms with Gasteiger partial charge in [0.1, 0.15) is 0 Å². The molecule has 112 valence electrons. The van der Waals surface area contributed by atoms with Crippen molar-refractivity contribution >= 4 is 5.91 Å². The van der Waals surface area contributed by atoms with Gasteiger partial charge in [0.2, 0.25) is 5.91 Å². The average molecular weight is 290 g/mol. The number of nitrogens with one attached hydrogen (secondary N) is 1. The Hall–Kier alpha value is -1.76. The van der Waals surface area contributed by atoms with Gasteiger partial charge in [-0.3, -0.25) is 4.79 Å². The molecule has 0 fully saturated rings. The van der Waals surface area contributed by atoms with E-state index in [0.29, 0.717) is 5.56 Å². The first kappa shape index (κ1) is 16.3. The lowest BCUT2D eigenvalue weighted by Crippen LogP contribution is -2.41. The maximum atomic E-state index is 13.4. The Bertz CT molecular complexity index is 467. The number of ether oxygens (including phenoxy) is 1. The lowest BCUT2D eigenvalue weighted by molar-refractivity contribution is -0.122. The molecule has 0 atom stereocenters. The molecular weight excluding hydrogens is 273 g/mol. The highest BCUT2D eigenvalue weighted by Gasteiger charge is 2.26. The van der Waals surface area contributed by atoms with Crippen molar-refractivity contribution in [2.45, 2.75) is 18.8 Å². The molecule has 0 aliphatic heterocycles. The third-order valence-corrected chi connectivity index (χ3v) is 2.70. The van der Waals surface area contributed by atoms with E-state index in [1.165, 1.54) is 19.2 Å². The van der Waals surface area contributed by atoms with Crippen LogP contribution in [-0.2, 0) is 11.2 Å². The minimum absolute atomic E-state index is 0.00752. The number of alkyl halides is 2. The maximum Gasteiger partial charge on any atom is 0.277 e. The lowest BCUT2D eigenvalue weighted by atomic mass is 10.1. The molecule has 0 saturated heterocycles. The van der Waals surface area contributed by atoms with Gasteiger partial charge in [0.05, 0.1) is 20.2 Å². The van der Waals surface area contributed by atoms with E-state index in [2.05, 4.69) is 5.32 Å². The standard InChI is InChI=1S/C13H17F3N2O2/c1-20-11-4-2-9(6-10(11)14)3-5-12(19)18-8-13(15,16)7-17/h2,4,6H,3,5,7-8,17H2,1H3,(H,18,19). The first-order valence-corrected chi connectivity index (χ1v) is 6.05. The number of benzene rings is 1. The van der Waals surface area contributed by atoms with Crippen LogP contribution in [0, 0.1) is 5.82 Å². The second kappa shape index (κ2) is 7.14. The van der Waals surface area contributed by atoms with Crippen LogP contribution in [-0.4, -0.2) is 32.0 Å². The Morgan fingerprint density at radius 1 is 1.45 bits per heavy atom. The fourth-order valence-corrected chi connectivity index (χ4v) is 1.51. The molecule has 3 N–H and O–H groups in total. The van der Waals surface area contributed by atoms with Crippen LogP contribution < -0.4 is 15.8 Å². The molecule has 1 rings (SSSR count). The van der Waals surface area contributed by atoms with Crippen molar-refractivity contribution in [2.75, 3.05) is 20.2 Å². The van der Waals surface area contributed by atoms with Crippen LogP contribution in [0.25, 0.3) is 0 Å². The SMILES string of the molecule is COc1ccc(CCC(=O)NCC(F)(F)CN)cc1F. The lowest BCUT2D eigenvalue weighted by Gasteiger charge is -2.14. The molecule has 1 aromatic rings. The molecule has 4 nitrogen and oxygen atoms in total. The quantitative estimate of drug-likeness (QED) is 0.799. The van der Waals surface area contributed by atoms with Gasteiger partial charge in [-0.1, -0.05) is 6.07 Å². The molecule has 7 heteroatoms. The number of hydrogen-bond donors (Lipinski definition) is 2. The zero-order chi connectivity index (χ0) is 15.2. The second-order valence-electron chi connectivity index (χ2n) is 4.31. The maximum absolute atomic E-state index is 13.4. The van der Waals surface area contributed by atoms with Crippen molar-refractivity contribution in [3.63, 3.8) is 0 Å². The molecule has 0 spiro atoms. The monoisotopic (exact) mass is 290 g/mol. The number of aryl methyl sites for hydroxylation is 1. The highest BCUT2D eigenvalue weighted by atomic mass is 19.3. The van der Waals surface area contributed by atoms with Gasteiger partial charge in [-0.15, -0.1) is 0 Å². The van der Waals surface area contributed by atoms with E-state index in [9.17, 15) is 18.0 Å². The molecule has 0 radical (unpaired) electrons. The van der Waals surface area contributed by atoms with Crippen LogP contribution in [0.5, 0.6) is 5.75 Å². The summed E-state index contributed by atoms with van der Waals surface area (Å²) in [5.74, 6) is -4.06. The number of carbonyl (C=O) groups is 1. The summed E-state index contributed by atoms with van der Waals surface area (Å²) in [6.45, 7) is -1.61. The Morgan fingerprint density at radius 2 is 2.15 bits per heavy atom. The summed E-state index contributed by atoms with van der Waals surface area (Å²) in [7, 11) is 1.35. The normalized spacial score (nSPS) is 11.2. The zero-order valence-corrected chi connectivity index (χ0v) is 11.1. The van der Waals surface area contributed by atoms with Crippen LogP contribution in [0.2, 0.25) is 0 Å². The molecule has 0 aliphatic carbocycles. The van der Waals surface area contributed by atoms with Gasteiger partial charge >= 0.3 is 0 Å². The molecule has 20 heavy (non-hydrogen) atoms. The summed E-state index contributed by atoms with van der Waals surface area (Å²) in [5, 5.41) is 2.09. The first-order valence-electron chi connectivity index (χ1n) is 6.05. The highest BCUT2D eigenvalue weighted by Crippen LogP contribution is 2.18. The Kier molecular flexibility index (Phi) is 5.82. The number of rotatable bonds is 7. The molecule has 0 aromatic heterocycles. The van der Waals surface area contributed by atoms with E-state index in [-0.39, 0.29) is 18.6 Å². The molecule has 0 bridgehead atoms. The predicted molar refractivity (Wildman–Crippen MR) is 68.3 cm³/mol. The van der Waals surface area contributed by atoms with E-state index in [0.717, 1.165) is 0 Å². The topological polar surface area (TPSA) is 64.3 Å². The van der Waals surface area contributed by atoms with E-state index >= 15 is 0 Å². The molecule has 1 amide bonds. The van der Waals surface area contributed by atoms with Crippen molar-refractivity contribution in [1.82, 2.24) is 5.32 Å². The van der Waals surface area contributed by atoms with Crippen molar-refractivity contribution < 1.29 is 22.7 Å². The van der Waals surface area contributed by atoms with Gasteiger partial charge in [-0.25, -0.2) is 13.2 Å². The average Bonchev–Trinajstić information content (AvgIpc) is 2.43. The van der Waals surface area contributed by atoms with Crippen LogP contribution >= 0.6 is 0 Å². The van der Waals surface area contributed by atoms with Gasteiger partial charge in [-0.2, -0.15) is 0 Å². The summed E-state index contributed by atoms with van der Waals surface area (Å²) < 4.78 is 43.8. The summed E-state index contributed by atoms with van der Waals surface area (Å²) in [6, 6.07) is 4.31. The first-order chi connectivity index (χ1) is 9.38. The number of amides is 1. The van der Waals surface area contributed by atoms with Gasteiger partial charge < -0.3 is 15.8 Å². The molecule has 1 aromatic carbocycles. The molecule has 0 unspecified atom stereocenters. The predicted octanol–water partition coefficient (Wildman–Crippen LogP) is 1.48. The smallest absolute Gasteiger partial charge is 0.277 e.